The summed E-state index contributed by atoms with van der Waals surface area (Å²) in [6.07, 6.45) is 0. The van der Waals surface area contributed by atoms with Gasteiger partial charge in [0.1, 0.15) is 11.6 Å². The van der Waals surface area contributed by atoms with Gasteiger partial charge in [-0.3, -0.25) is 10.1 Å². The maximum atomic E-state index is 5.60. The summed E-state index contributed by atoms with van der Waals surface area (Å²) in [6, 6.07) is 9.62. The van der Waals surface area contributed by atoms with Crippen molar-refractivity contribution in [2.45, 2.75) is 13.8 Å². The van der Waals surface area contributed by atoms with E-state index in [0.29, 0.717) is 5.82 Å². The van der Waals surface area contributed by atoms with E-state index in [0.717, 1.165) is 17.2 Å². The number of nitrogens with one attached hydrogen (secondary N) is 1. The molecule has 0 aliphatic heterocycles. The number of aromatic nitrogens is 2. The Kier molecular flexibility index (Phi) is 2.33. The van der Waals surface area contributed by atoms with Crippen LogP contribution < -0.4 is 11.2 Å². The molecule has 0 saturated heterocycles. The van der Waals surface area contributed by atoms with E-state index < -0.39 is 0 Å². The second kappa shape index (κ2) is 3.65. The van der Waals surface area contributed by atoms with Crippen molar-refractivity contribution in [2.75, 3.05) is 11.2 Å². The van der Waals surface area contributed by atoms with E-state index in [-0.39, 0.29) is 0 Å². The number of aryl methyl sites for hydroxylation is 2. The summed E-state index contributed by atoms with van der Waals surface area (Å²) in [4.78, 5) is 4.18. The third-order valence-electron chi connectivity index (χ3n) is 2.27. The van der Waals surface area contributed by atoms with Gasteiger partial charge >= 0.3 is 0 Å². The van der Waals surface area contributed by atoms with E-state index in [1.807, 2.05) is 30.7 Å². The summed E-state index contributed by atoms with van der Waals surface area (Å²) in [5, 5.41) is 0. The van der Waals surface area contributed by atoms with E-state index in [4.69, 9.17) is 5.73 Å². The van der Waals surface area contributed by atoms with Crippen molar-refractivity contribution < 1.29 is 0 Å². The molecule has 15 heavy (non-hydrogen) atoms. The molecule has 4 heteroatoms. The molecule has 0 unspecified atom stereocenters. The number of hydrogen-bond acceptors (Lipinski definition) is 3. The van der Waals surface area contributed by atoms with Crippen LogP contribution in [0.5, 0.6) is 0 Å². The second-order valence-corrected chi connectivity index (χ2v) is 3.51. The Bertz CT molecular complexity index is 454. The van der Waals surface area contributed by atoms with Crippen LogP contribution in [0.2, 0.25) is 0 Å². The van der Waals surface area contributed by atoms with Gasteiger partial charge in [0.25, 0.3) is 0 Å². The molecule has 2 heterocycles. The van der Waals surface area contributed by atoms with Crippen LogP contribution in [0.1, 0.15) is 11.4 Å². The van der Waals surface area contributed by atoms with Crippen molar-refractivity contribution in [3.8, 4) is 0 Å². The zero-order valence-corrected chi connectivity index (χ0v) is 8.86. The standard InChI is InChI=1S/C11H14N4/c1-8-6-7-9(2)15(8)14-11-5-3-4-10(12)13-11/h3-7H,1-2H3,(H3,12,13,14). The lowest BCUT2D eigenvalue weighted by Gasteiger charge is -2.11. The molecule has 0 atom stereocenters. The van der Waals surface area contributed by atoms with Crippen LogP contribution in [-0.4, -0.2) is 9.66 Å². The smallest absolute Gasteiger partial charge is 0.147 e. The molecule has 0 aliphatic carbocycles. The fourth-order valence-corrected chi connectivity index (χ4v) is 1.47. The molecule has 3 N–H and O–H groups in total. The molecule has 0 radical (unpaired) electrons. The molecule has 0 bridgehead atoms. The van der Waals surface area contributed by atoms with Gasteiger partial charge in [-0.25, -0.2) is 4.98 Å². The summed E-state index contributed by atoms with van der Waals surface area (Å²) >= 11 is 0. The van der Waals surface area contributed by atoms with Gasteiger partial charge in [-0.05, 0) is 38.1 Å². The summed E-state index contributed by atoms with van der Waals surface area (Å²) < 4.78 is 1.97. The lowest BCUT2D eigenvalue weighted by molar-refractivity contribution is 0.872. The maximum absolute atomic E-state index is 5.60. The van der Waals surface area contributed by atoms with Crippen molar-refractivity contribution in [1.29, 1.82) is 0 Å². The maximum Gasteiger partial charge on any atom is 0.147 e. The molecular formula is C11H14N4. The number of anilines is 2. The van der Waals surface area contributed by atoms with Crippen LogP contribution in [0.25, 0.3) is 0 Å². The van der Waals surface area contributed by atoms with Crippen LogP contribution >= 0.6 is 0 Å². The molecule has 78 valence electrons. The molecule has 4 nitrogen and oxygen atoms in total. The van der Waals surface area contributed by atoms with Gasteiger partial charge in [0.2, 0.25) is 0 Å². The summed E-state index contributed by atoms with van der Waals surface area (Å²) in [7, 11) is 0. The zero-order chi connectivity index (χ0) is 10.8. The first-order valence-corrected chi connectivity index (χ1v) is 4.81. The molecular weight excluding hydrogens is 188 g/mol. The summed E-state index contributed by atoms with van der Waals surface area (Å²) in [5.74, 6) is 1.26. The van der Waals surface area contributed by atoms with Crippen molar-refractivity contribution in [1.82, 2.24) is 9.66 Å². The summed E-state index contributed by atoms with van der Waals surface area (Å²) in [6.45, 7) is 4.07. The minimum Gasteiger partial charge on any atom is -0.384 e. The van der Waals surface area contributed by atoms with Gasteiger partial charge in [-0.15, -0.1) is 0 Å². The first-order chi connectivity index (χ1) is 7.16. The van der Waals surface area contributed by atoms with Gasteiger partial charge in [0.05, 0.1) is 0 Å². The lowest BCUT2D eigenvalue weighted by atomic mass is 10.4. The van der Waals surface area contributed by atoms with Gasteiger partial charge in [0.15, 0.2) is 0 Å². The minimum absolute atomic E-state index is 0.516. The Balaban J connectivity index is 2.29. The summed E-state index contributed by atoms with van der Waals surface area (Å²) in [5.41, 5.74) is 11.1. The van der Waals surface area contributed by atoms with Crippen LogP contribution in [-0.2, 0) is 0 Å². The highest BCUT2D eigenvalue weighted by molar-refractivity contribution is 5.42. The normalized spacial score (nSPS) is 10.3. The third-order valence-corrected chi connectivity index (χ3v) is 2.27. The number of pyridine rings is 1. The van der Waals surface area contributed by atoms with Crippen molar-refractivity contribution >= 4 is 11.6 Å². The first-order valence-electron chi connectivity index (χ1n) is 4.81. The average Bonchev–Trinajstić information content (AvgIpc) is 2.50. The Morgan fingerprint density at radius 2 is 1.80 bits per heavy atom. The largest absolute Gasteiger partial charge is 0.384 e. The highest BCUT2D eigenvalue weighted by atomic mass is 15.4. The quantitative estimate of drug-likeness (QED) is 0.782. The second-order valence-electron chi connectivity index (χ2n) is 3.51. The fourth-order valence-electron chi connectivity index (χ4n) is 1.47. The number of rotatable bonds is 2. The molecule has 0 aliphatic rings. The molecule has 2 aromatic heterocycles. The van der Waals surface area contributed by atoms with Gasteiger partial charge in [-0.2, -0.15) is 0 Å². The van der Waals surface area contributed by atoms with Gasteiger partial charge in [0, 0.05) is 11.4 Å². The molecule has 0 fully saturated rings. The van der Waals surface area contributed by atoms with Gasteiger partial charge in [-0.1, -0.05) is 6.07 Å². The molecule has 0 saturated carbocycles. The predicted octanol–water partition coefficient (Wildman–Crippen LogP) is 1.96. The lowest BCUT2D eigenvalue weighted by Crippen LogP contribution is -2.13. The van der Waals surface area contributed by atoms with Crippen molar-refractivity contribution in [3.05, 3.63) is 41.7 Å². The first kappa shape index (κ1) is 9.58. The molecule has 2 aromatic rings. The van der Waals surface area contributed by atoms with Crippen molar-refractivity contribution in [3.63, 3.8) is 0 Å². The number of nitrogens with two attached hydrogens (primary N) is 1. The Labute approximate surface area is 88.7 Å². The molecule has 0 amide bonds. The van der Waals surface area contributed by atoms with Gasteiger partial charge < -0.3 is 5.73 Å². The number of nitrogen functional groups attached to an aromatic ring is 1. The molecule has 0 aromatic carbocycles. The van der Waals surface area contributed by atoms with Crippen LogP contribution in [0.15, 0.2) is 30.3 Å². The Morgan fingerprint density at radius 3 is 2.40 bits per heavy atom. The fraction of sp³-hybridized carbons (Fsp3) is 0.182. The highest BCUT2D eigenvalue weighted by Crippen LogP contribution is 2.10. The van der Waals surface area contributed by atoms with Crippen LogP contribution in [0.3, 0.4) is 0 Å². The molecule has 2 rings (SSSR count). The van der Waals surface area contributed by atoms with E-state index in [1.165, 1.54) is 0 Å². The van der Waals surface area contributed by atoms with E-state index in [1.54, 1.807) is 6.07 Å². The number of hydrogen-bond donors (Lipinski definition) is 2. The third kappa shape index (κ3) is 1.93. The van der Waals surface area contributed by atoms with E-state index in [9.17, 15) is 0 Å². The minimum atomic E-state index is 0.516. The van der Waals surface area contributed by atoms with Crippen LogP contribution in [0.4, 0.5) is 11.6 Å². The monoisotopic (exact) mass is 202 g/mol. The van der Waals surface area contributed by atoms with Crippen molar-refractivity contribution in [2.24, 2.45) is 0 Å². The molecule has 0 spiro atoms. The predicted molar refractivity (Wildman–Crippen MR) is 61.6 cm³/mol. The van der Waals surface area contributed by atoms with E-state index in [2.05, 4.69) is 22.5 Å². The average molecular weight is 202 g/mol. The number of nitrogens with zero attached hydrogens (tertiary/aromatic N) is 2. The SMILES string of the molecule is Cc1ccc(C)n1Nc1cccc(N)n1. The highest BCUT2D eigenvalue weighted by Gasteiger charge is 2.01. The zero-order valence-electron chi connectivity index (χ0n) is 8.86. The topological polar surface area (TPSA) is 55.9 Å². The van der Waals surface area contributed by atoms with Crippen LogP contribution in [0, 0.1) is 13.8 Å². The Morgan fingerprint density at radius 1 is 1.13 bits per heavy atom. The van der Waals surface area contributed by atoms with E-state index >= 15 is 0 Å². The Hall–Kier alpha value is -1.97.